The Morgan fingerprint density at radius 2 is 1.85 bits per heavy atom. The minimum Gasteiger partial charge on any atom is -0.465 e. The number of benzene rings is 1. The lowest BCUT2D eigenvalue weighted by atomic mass is 10.1. The number of hydrogen-bond acceptors (Lipinski definition) is 9. The highest BCUT2D eigenvalue weighted by Gasteiger charge is 2.29. The van der Waals surface area contributed by atoms with Crippen molar-refractivity contribution in [3.05, 3.63) is 34.8 Å². The number of nitrogens with zero attached hydrogens (tertiary/aromatic N) is 3. The van der Waals surface area contributed by atoms with Crippen LogP contribution in [0.25, 0.3) is 0 Å². The van der Waals surface area contributed by atoms with Crippen LogP contribution in [0.2, 0.25) is 0 Å². The predicted octanol–water partition coefficient (Wildman–Crippen LogP) is 2.19. The summed E-state index contributed by atoms with van der Waals surface area (Å²) in [5, 5.41) is 2.91. The number of anilines is 2. The molecule has 0 radical (unpaired) electrons. The highest BCUT2D eigenvalue weighted by atomic mass is 32.2. The Labute approximate surface area is 196 Å². The van der Waals surface area contributed by atoms with Crippen LogP contribution in [-0.2, 0) is 19.5 Å². The topological polar surface area (TPSA) is 118 Å². The number of ether oxygens (including phenoxy) is 2. The van der Waals surface area contributed by atoms with Gasteiger partial charge in [-0.1, -0.05) is 17.8 Å². The normalized spacial score (nSPS) is 17.5. The van der Waals surface area contributed by atoms with Gasteiger partial charge in [0.15, 0.2) is 5.13 Å². The third-order valence-electron chi connectivity index (χ3n) is 5.63. The maximum Gasteiger partial charge on any atom is 0.349 e. The fraction of sp³-hybridized carbons (Fsp3) is 0.476. The number of thiazole rings is 1. The standard InChI is InChI=1S/C21H26N4O6S2/c1-30-20(27)18-14-22-21(32-18)23-19(26)16-13-15(33(28,29)25-7-3-2-4-8-25)5-6-17(16)24-9-11-31-12-10-24/h5-6,13-14H,2-4,7-12H2,1H3,(H,22,23,26). The van der Waals surface area contributed by atoms with Gasteiger partial charge in [-0.15, -0.1) is 0 Å². The zero-order chi connectivity index (χ0) is 23.4. The van der Waals surface area contributed by atoms with E-state index in [0.717, 1.165) is 30.6 Å². The molecule has 0 saturated carbocycles. The van der Waals surface area contributed by atoms with E-state index in [4.69, 9.17) is 4.74 Å². The monoisotopic (exact) mass is 494 g/mol. The number of rotatable bonds is 6. The average molecular weight is 495 g/mol. The van der Waals surface area contributed by atoms with E-state index >= 15 is 0 Å². The lowest BCUT2D eigenvalue weighted by Crippen LogP contribution is -2.38. The number of hydrogen-bond donors (Lipinski definition) is 1. The van der Waals surface area contributed by atoms with Crippen LogP contribution in [0.15, 0.2) is 29.3 Å². The number of piperidine rings is 1. The quantitative estimate of drug-likeness (QED) is 0.607. The van der Waals surface area contributed by atoms with E-state index in [1.54, 1.807) is 12.1 Å². The summed E-state index contributed by atoms with van der Waals surface area (Å²) in [5.74, 6) is -1.05. The van der Waals surface area contributed by atoms with Crippen LogP contribution >= 0.6 is 11.3 Å². The summed E-state index contributed by atoms with van der Waals surface area (Å²) in [7, 11) is -2.45. The van der Waals surface area contributed by atoms with Gasteiger partial charge in [0.25, 0.3) is 5.91 Å². The molecule has 1 aromatic heterocycles. The van der Waals surface area contributed by atoms with Gasteiger partial charge in [0.05, 0.1) is 37.0 Å². The molecule has 2 aromatic rings. The highest BCUT2D eigenvalue weighted by molar-refractivity contribution is 7.89. The zero-order valence-corrected chi connectivity index (χ0v) is 19.9. The maximum atomic E-state index is 13.3. The molecule has 0 bridgehead atoms. The lowest BCUT2D eigenvalue weighted by molar-refractivity contribution is 0.0606. The summed E-state index contributed by atoms with van der Waals surface area (Å²) < 4.78 is 38.0. The van der Waals surface area contributed by atoms with Crippen LogP contribution in [0.5, 0.6) is 0 Å². The number of carbonyl (C=O) groups excluding carboxylic acids is 2. The molecule has 2 aliphatic heterocycles. The van der Waals surface area contributed by atoms with Crippen molar-refractivity contribution in [3.63, 3.8) is 0 Å². The third-order valence-corrected chi connectivity index (χ3v) is 8.42. The fourth-order valence-electron chi connectivity index (χ4n) is 3.88. The van der Waals surface area contributed by atoms with Crippen molar-refractivity contribution in [2.45, 2.75) is 24.2 Å². The SMILES string of the molecule is COC(=O)c1cnc(NC(=O)c2cc(S(=O)(=O)N3CCCCC3)ccc2N2CCOCC2)s1. The van der Waals surface area contributed by atoms with Gasteiger partial charge < -0.3 is 14.4 Å². The summed E-state index contributed by atoms with van der Waals surface area (Å²) in [6.07, 6.45) is 3.99. The van der Waals surface area contributed by atoms with Crippen molar-refractivity contribution in [1.82, 2.24) is 9.29 Å². The number of carbonyl (C=O) groups is 2. The number of esters is 1. The molecular weight excluding hydrogens is 468 g/mol. The molecule has 4 rings (SSSR count). The number of morpholine rings is 1. The van der Waals surface area contributed by atoms with E-state index in [0.29, 0.717) is 45.1 Å². The molecular formula is C21H26N4O6S2. The van der Waals surface area contributed by atoms with Gasteiger partial charge in [-0.2, -0.15) is 4.31 Å². The highest BCUT2D eigenvalue weighted by Crippen LogP contribution is 2.29. The fourth-order valence-corrected chi connectivity index (χ4v) is 6.16. The molecule has 0 spiro atoms. The predicted molar refractivity (Wildman–Crippen MR) is 123 cm³/mol. The van der Waals surface area contributed by atoms with Crippen molar-refractivity contribution in [3.8, 4) is 0 Å². The smallest absolute Gasteiger partial charge is 0.349 e. The van der Waals surface area contributed by atoms with Gasteiger partial charge in [0, 0.05) is 31.9 Å². The van der Waals surface area contributed by atoms with Crippen LogP contribution in [0.4, 0.5) is 10.8 Å². The van der Waals surface area contributed by atoms with Crippen LogP contribution in [0, 0.1) is 0 Å². The molecule has 0 atom stereocenters. The number of sulfonamides is 1. The van der Waals surface area contributed by atoms with Gasteiger partial charge in [-0.05, 0) is 31.0 Å². The number of methoxy groups -OCH3 is 1. The maximum absolute atomic E-state index is 13.3. The first-order chi connectivity index (χ1) is 15.9. The molecule has 2 fully saturated rings. The average Bonchev–Trinajstić information content (AvgIpc) is 3.32. The van der Waals surface area contributed by atoms with Crippen molar-refractivity contribution in [1.29, 1.82) is 0 Å². The molecule has 0 aliphatic carbocycles. The summed E-state index contributed by atoms with van der Waals surface area (Å²) in [6, 6.07) is 4.67. The van der Waals surface area contributed by atoms with Gasteiger partial charge in [-0.3, -0.25) is 10.1 Å². The molecule has 2 saturated heterocycles. The Kier molecular flexibility index (Phi) is 7.27. The molecule has 178 valence electrons. The van der Waals surface area contributed by atoms with Gasteiger partial charge >= 0.3 is 5.97 Å². The van der Waals surface area contributed by atoms with Crippen LogP contribution in [0.3, 0.4) is 0 Å². The zero-order valence-electron chi connectivity index (χ0n) is 18.3. The molecule has 33 heavy (non-hydrogen) atoms. The molecule has 12 heteroatoms. The van der Waals surface area contributed by atoms with Crippen molar-refractivity contribution < 1.29 is 27.5 Å². The van der Waals surface area contributed by atoms with E-state index in [-0.39, 0.29) is 20.5 Å². The van der Waals surface area contributed by atoms with Crippen LogP contribution < -0.4 is 10.2 Å². The van der Waals surface area contributed by atoms with E-state index in [1.807, 2.05) is 4.90 Å². The number of amides is 1. The first-order valence-electron chi connectivity index (χ1n) is 10.7. The summed E-state index contributed by atoms with van der Waals surface area (Å²) in [5.41, 5.74) is 0.850. The van der Waals surface area contributed by atoms with E-state index in [1.165, 1.54) is 23.7 Å². The Morgan fingerprint density at radius 3 is 2.55 bits per heavy atom. The molecule has 1 N–H and O–H groups in total. The second-order valence-corrected chi connectivity index (χ2v) is 10.7. The second kappa shape index (κ2) is 10.2. The second-order valence-electron chi connectivity index (χ2n) is 7.72. The van der Waals surface area contributed by atoms with E-state index < -0.39 is 21.9 Å². The molecule has 1 aromatic carbocycles. The first kappa shape index (κ1) is 23.6. The Balaban J connectivity index is 1.66. The van der Waals surface area contributed by atoms with Crippen molar-refractivity contribution in [2.75, 3.05) is 56.7 Å². The lowest BCUT2D eigenvalue weighted by Gasteiger charge is -2.31. The first-order valence-corrected chi connectivity index (χ1v) is 13.0. The van der Waals surface area contributed by atoms with E-state index in [9.17, 15) is 18.0 Å². The van der Waals surface area contributed by atoms with Gasteiger partial charge in [0.2, 0.25) is 10.0 Å². The van der Waals surface area contributed by atoms with Crippen molar-refractivity contribution in [2.24, 2.45) is 0 Å². The molecule has 3 heterocycles. The molecule has 2 aliphatic rings. The summed E-state index contributed by atoms with van der Waals surface area (Å²) >= 11 is 0.985. The Morgan fingerprint density at radius 1 is 1.12 bits per heavy atom. The Hall–Kier alpha value is -2.54. The third kappa shape index (κ3) is 5.18. The molecule has 10 nitrogen and oxygen atoms in total. The molecule has 1 amide bonds. The van der Waals surface area contributed by atoms with Crippen LogP contribution in [0.1, 0.15) is 39.3 Å². The minimum absolute atomic E-state index is 0.0842. The van der Waals surface area contributed by atoms with E-state index in [2.05, 4.69) is 15.0 Å². The van der Waals surface area contributed by atoms with Gasteiger partial charge in [0.1, 0.15) is 4.88 Å². The van der Waals surface area contributed by atoms with Crippen LogP contribution in [-0.4, -0.2) is 76.1 Å². The Bertz CT molecular complexity index is 1120. The van der Waals surface area contributed by atoms with Crippen molar-refractivity contribution >= 4 is 44.1 Å². The molecule has 0 unspecified atom stereocenters. The summed E-state index contributed by atoms with van der Waals surface area (Å²) in [4.78, 5) is 31.3. The van der Waals surface area contributed by atoms with Gasteiger partial charge in [-0.25, -0.2) is 18.2 Å². The number of aromatic nitrogens is 1. The summed E-state index contributed by atoms with van der Waals surface area (Å²) in [6.45, 7) is 3.16. The minimum atomic E-state index is -3.71. The largest absolute Gasteiger partial charge is 0.465 e. The number of nitrogens with one attached hydrogen (secondary N) is 1.